The summed E-state index contributed by atoms with van der Waals surface area (Å²) in [6.07, 6.45) is 3.43. The lowest BCUT2D eigenvalue weighted by Crippen LogP contribution is -2.30. The van der Waals surface area contributed by atoms with Gasteiger partial charge >= 0.3 is 0 Å². The van der Waals surface area contributed by atoms with Crippen molar-refractivity contribution >= 4 is 5.91 Å². The molecule has 1 saturated heterocycles. The lowest BCUT2D eigenvalue weighted by molar-refractivity contribution is -0.128. The summed E-state index contributed by atoms with van der Waals surface area (Å²) < 4.78 is 15.9. The van der Waals surface area contributed by atoms with Gasteiger partial charge in [0.2, 0.25) is 5.91 Å². The summed E-state index contributed by atoms with van der Waals surface area (Å²) in [6, 6.07) is 1.86. The highest BCUT2D eigenvalue weighted by atomic mass is 16.5. The Morgan fingerprint density at radius 1 is 1.57 bits per heavy atom. The number of nitrogens with one attached hydrogen (secondary N) is 2. The maximum absolute atomic E-state index is 11.7. The van der Waals surface area contributed by atoms with E-state index in [1.807, 2.05) is 6.07 Å². The molecular formula is C14H23N3O4. The Morgan fingerprint density at radius 2 is 2.48 bits per heavy atom. The molecule has 2 heterocycles. The second-order valence-electron chi connectivity index (χ2n) is 5.10. The minimum Gasteiger partial charge on any atom is -0.378 e. The molecule has 0 aromatic carbocycles. The number of hydrogen-bond donors (Lipinski definition) is 2. The van der Waals surface area contributed by atoms with Gasteiger partial charge in [-0.25, -0.2) is 0 Å². The second-order valence-corrected chi connectivity index (χ2v) is 5.10. The number of methoxy groups -OCH3 is 1. The highest BCUT2D eigenvalue weighted by Gasteiger charge is 2.14. The molecule has 0 aliphatic carbocycles. The topological polar surface area (TPSA) is 85.5 Å². The molecule has 21 heavy (non-hydrogen) atoms. The van der Waals surface area contributed by atoms with E-state index in [4.69, 9.17) is 14.2 Å². The average Bonchev–Trinajstić information content (AvgIpc) is 2.94. The molecule has 0 bridgehead atoms. The number of carbonyl (C=O) groups excluding carboxylic acids is 1. The van der Waals surface area contributed by atoms with E-state index in [0.29, 0.717) is 19.8 Å². The molecule has 7 heteroatoms. The Balaban J connectivity index is 1.58. The smallest absolute Gasteiger partial charge is 0.246 e. The molecule has 1 atom stereocenters. The number of aromatic nitrogens is 2. The second kappa shape index (κ2) is 8.76. The van der Waals surface area contributed by atoms with Gasteiger partial charge < -0.3 is 19.5 Å². The molecule has 1 aromatic rings. The van der Waals surface area contributed by atoms with Crippen molar-refractivity contribution in [1.29, 1.82) is 0 Å². The van der Waals surface area contributed by atoms with Crippen LogP contribution in [0.2, 0.25) is 0 Å². The Hall–Kier alpha value is -1.44. The molecule has 1 amide bonds. The first kappa shape index (κ1) is 15.9. The van der Waals surface area contributed by atoms with E-state index in [-0.39, 0.29) is 18.6 Å². The largest absolute Gasteiger partial charge is 0.378 e. The summed E-state index contributed by atoms with van der Waals surface area (Å²) in [5, 5.41) is 9.68. The van der Waals surface area contributed by atoms with E-state index in [1.165, 1.54) is 6.42 Å². The number of carbonyl (C=O) groups is 1. The van der Waals surface area contributed by atoms with Crippen molar-refractivity contribution in [3.8, 4) is 0 Å². The van der Waals surface area contributed by atoms with Crippen molar-refractivity contribution in [2.24, 2.45) is 0 Å². The Labute approximate surface area is 124 Å². The van der Waals surface area contributed by atoms with Gasteiger partial charge in [0.25, 0.3) is 0 Å². The van der Waals surface area contributed by atoms with E-state index in [1.54, 1.807) is 7.11 Å². The first-order valence-corrected chi connectivity index (χ1v) is 7.26. The number of H-pyrrole nitrogens is 1. The van der Waals surface area contributed by atoms with Crippen molar-refractivity contribution in [2.45, 2.75) is 38.5 Å². The molecule has 1 aliphatic heterocycles. The summed E-state index contributed by atoms with van der Waals surface area (Å²) in [5.41, 5.74) is 1.65. The van der Waals surface area contributed by atoms with Crippen LogP contribution in [0.1, 0.15) is 30.7 Å². The summed E-state index contributed by atoms with van der Waals surface area (Å²) >= 11 is 0. The lowest BCUT2D eigenvalue weighted by atomic mass is 10.1. The first-order valence-electron chi connectivity index (χ1n) is 7.26. The molecule has 1 fully saturated rings. The minimum atomic E-state index is -0.145. The number of nitrogens with zero attached hydrogens (tertiary/aromatic N) is 1. The van der Waals surface area contributed by atoms with Crippen LogP contribution in [0.3, 0.4) is 0 Å². The maximum atomic E-state index is 11.7. The highest BCUT2D eigenvalue weighted by molar-refractivity contribution is 5.77. The van der Waals surface area contributed by atoms with Gasteiger partial charge in [0.15, 0.2) is 0 Å². The monoisotopic (exact) mass is 297 g/mol. The fraction of sp³-hybridized carbons (Fsp3) is 0.714. The van der Waals surface area contributed by atoms with Gasteiger partial charge in [-0.3, -0.25) is 9.89 Å². The maximum Gasteiger partial charge on any atom is 0.246 e. The van der Waals surface area contributed by atoms with Gasteiger partial charge in [0, 0.05) is 13.7 Å². The van der Waals surface area contributed by atoms with Gasteiger partial charge in [0.1, 0.15) is 6.61 Å². The highest BCUT2D eigenvalue weighted by Crippen LogP contribution is 2.12. The standard InChI is InChI=1S/C14H23N3O4/c1-19-8-12-6-11(16-17-12)7-15-14(18)10-20-9-13-4-2-3-5-21-13/h6,13H,2-5,7-10H2,1H3,(H,15,18)(H,16,17)/t13-/m0/s1. The molecule has 2 rings (SSSR count). The predicted molar refractivity (Wildman–Crippen MR) is 75.6 cm³/mol. The zero-order valence-corrected chi connectivity index (χ0v) is 12.4. The van der Waals surface area contributed by atoms with Crippen LogP contribution < -0.4 is 5.32 Å². The fourth-order valence-corrected chi connectivity index (χ4v) is 2.19. The summed E-state index contributed by atoms with van der Waals surface area (Å²) in [6.45, 7) is 2.19. The van der Waals surface area contributed by atoms with Crippen LogP contribution in [0.25, 0.3) is 0 Å². The zero-order valence-electron chi connectivity index (χ0n) is 12.4. The normalized spacial score (nSPS) is 18.6. The van der Waals surface area contributed by atoms with Crippen molar-refractivity contribution in [3.63, 3.8) is 0 Å². The Morgan fingerprint density at radius 3 is 3.24 bits per heavy atom. The molecule has 0 spiro atoms. The van der Waals surface area contributed by atoms with Gasteiger partial charge in [-0.15, -0.1) is 0 Å². The average molecular weight is 297 g/mol. The third kappa shape index (κ3) is 5.82. The van der Waals surface area contributed by atoms with Crippen molar-refractivity contribution in [2.75, 3.05) is 26.9 Å². The molecule has 1 aliphatic rings. The van der Waals surface area contributed by atoms with Crippen LogP contribution >= 0.6 is 0 Å². The van der Waals surface area contributed by atoms with E-state index in [2.05, 4.69) is 15.5 Å². The number of amides is 1. The van der Waals surface area contributed by atoms with Crippen LogP contribution in [0, 0.1) is 0 Å². The molecule has 0 saturated carbocycles. The Kier molecular flexibility index (Phi) is 6.65. The fourth-order valence-electron chi connectivity index (χ4n) is 2.19. The van der Waals surface area contributed by atoms with Crippen molar-refractivity contribution < 1.29 is 19.0 Å². The van der Waals surface area contributed by atoms with E-state index >= 15 is 0 Å². The van der Waals surface area contributed by atoms with Crippen LogP contribution in [0.15, 0.2) is 6.07 Å². The molecule has 1 aromatic heterocycles. The van der Waals surface area contributed by atoms with Gasteiger partial charge in [0.05, 0.1) is 37.3 Å². The van der Waals surface area contributed by atoms with Crippen LogP contribution in [0.5, 0.6) is 0 Å². The minimum absolute atomic E-state index is 0.0545. The number of hydrogen-bond acceptors (Lipinski definition) is 5. The molecular weight excluding hydrogens is 274 g/mol. The number of rotatable bonds is 8. The van der Waals surface area contributed by atoms with Gasteiger partial charge in [-0.2, -0.15) is 5.10 Å². The summed E-state index contributed by atoms with van der Waals surface area (Å²) in [5.74, 6) is -0.145. The summed E-state index contributed by atoms with van der Waals surface area (Å²) in [4.78, 5) is 11.7. The van der Waals surface area contributed by atoms with Gasteiger partial charge in [-0.05, 0) is 25.3 Å². The number of aromatic amines is 1. The first-order chi connectivity index (χ1) is 10.3. The van der Waals surface area contributed by atoms with Gasteiger partial charge in [-0.1, -0.05) is 0 Å². The molecule has 7 nitrogen and oxygen atoms in total. The van der Waals surface area contributed by atoms with Crippen LogP contribution in [0.4, 0.5) is 0 Å². The molecule has 118 valence electrons. The zero-order chi connectivity index (χ0) is 14.9. The lowest BCUT2D eigenvalue weighted by Gasteiger charge is -2.22. The predicted octanol–water partition coefficient (Wildman–Crippen LogP) is 0.758. The van der Waals surface area contributed by atoms with Crippen LogP contribution in [-0.2, 0) is 32.2 Å². The molecule has 0 unspecified atom stereocenters. The summed E-state index contributed by atoms with van der Waals surface area (Å²) in [7, 11) is 1.61. The van der Waals surface area contributed by atoms with E-state index < -0.39 is 0 Å². The van der Waals surface area contributed by atoms with Crippen molar-refractivity contribution in [1.82, 2.24) is 15.5 Å². The third-order valence-electron chi connectivity index (χ3n) is 3.26. The SMILES string of the molecule is COCc1cc(CNC(=O)COC[C@@H]2CCCCO2)[nH]n1. The Bertz CT molecular complexity index is 430. The number of ether oxygens (including phenoxy) is 3. The van der Waals surface area contributed by atoms with Crippen LogP contribution in [-0.4, -0.2) is 49.1 Å². The van der Waals surface area contributed by atoms with Crippen molar-refractivity contribution in [3.05, 3.63) is 17.5 Å². The quantitative estimate of drug-likeness (QED) is 0.740. The van der Waals surface area contributed by atoms with E-state index in [9.17, 15) is 4.79 Å². The van der Waals surface area contributed by atoms with E-state index in [0.717, 1.165) is 30.8 Å². The third-order valence-corrected chi connectivity index (χ3v) is 3.26. The molecule has 0 radical (unpaired) electrons. The molecule has 2 N–H and O–H groups in total.